The lowest BCUT2D eigenvalue weighted by Crippen LogP contribution is -2.52. The van der Waals surface area contributed by atoms with E-state index in [4.69, 9.17) is 0 Å². The van der Waals surface area contributed by atoms with Crippen LogP contribution in [-0.4, -0.2) is 55.1 Å². The molecule has 0 atom stereocenters. The van der Waals surface area contributed by atoms with Crippen molar-refractivity contribution in [2.45, 2.75) is 58.3 Å². The van der Waals surface area contributed by atoms with E-state index in [1.54, 1.807) is 5.57 Å². The van der Waals surface area contributed by atoms with E-state index < -0.39 is 0 Å². The van der Waals surface area contributed by atoms with Gasteiger partial charge in [0.2, 0.25) is 0 Å². The molecule has 0 aromatic heterocycles. The molecule has 1 saturated heterocycles. The fraction of sp³-hybridized carbons (Fsp3) is 0.833. The van der Waals surface area contributed by atoms with Crippen LogP contribution in [-0.2, 0) is 0 Å². The summed E-state index contributed by atoms with van der Waals surface area (Å²) in [4.78, 5) is 16.5. The van der Waals surface area contributed by atoms with E-state index in [0.717, 1.165) is 45.7 Å². The summed E-state index contributed by atoms with van der Waals surface area (Å²) < 4.78 is 0. The number of rotatable bonds is 7. The smallest absolute Gasteiger partial charge is 0.317 e. The molecule has 0 bridgehead atoms. The molecule has 0 aromatic carbocycles. The van der Waals surface area contributed by atoms with Gasteiger partial charge in [0.25, 0.3) is 0 Å². The monoisotopic (exact) mass is 307 g/mol. The van der Waals surface area contributed by atoms with Crippen LogP contribution in [0.5, 0.6) is 0 Å². The minimum absolute atomic E-state index is 0.130. The Labute approximate surface area is 135 Å². The van der Waals surface area contributed by atoms with Crippen molar-refractivity contribution in [1.82, 2.24) is 15.1 Å². The van der Waals surface area contributed by atoms with Crippen LogP contribution >= 0.6 is 0 Å². The first-order valence-electron chi connectivity index (χ1n) is 9.22. The number of unbranched alkanes of at least 4 members (excludes halogenated alkanes) is 2. The maximum atomic E-state index is 12.1. The van der Waals surface area contributed by atoms with Crippen LogP contribution in [0, 0.1) is 0 Å². The summed E-state index contributed by atoms with van der Waals surface area (Å²) in [5.74, 6) is 0. The highest BCUT2D eigenvalue weighted by atomic mass is 16.2. The van der Waals surface area contributed by atoms with Crippen molar-refractivity contribution in [3.8, 4) is 0 Å². The number of carbonyl (C=O) groups excluding carboxylic acids is 1. The fourth-order valence-electron chi connectivity index (χ4n) is 3.29. The van der Waals surface area contributed by atoms with E-state index in [0.29, 0.717) is 0 Å². The average Bonchev–Trinajstić information content (AvgIpc) is 2.58. The van der Waals surface area contributed by atoms with Gasteiger partial charge in [0.15, 0.2) is 0 Å². The van der Waals surface area contributed by atoms with Gasteiger partial charge in [-0.15, -0.1) is 0 Å². The molecule has 1 fully saturated rings. The lowest BCUT2D eigenvalue weighted by atomic mass is 9.97. The number of piperazine rings is 1. The summed E-state index contributed by atoms with van der Waals surface area (Å²) in [5, 5.41) is 3.05. The molecule has 0 spiro atoms. The van der Waals surface area contributed by atoms with Crippen molar-refractivity contribution in [2.75, 3.05) is 39.3 Å². The zero-order chi connectivity index (χ0) is 15.6. The van der Waals surface area contributed by atoms with Crippen LogP contribution in [0.1, 0.15) is 58.3 Å². The molecule has 4 heteroatoms. The molecule has 1 aliphatic carbocycles. The lowest BCUT2D eigenvalue weighted by Gasteiger charge is -2.35. The minimum atomic E-state index is 0.130. The molecule has 1 N–H and O–H groups in total. The van der Waals surface area contributed by atoms with Crippen LogP contribution < -0.4 is 5.32 Å². The van der Waals surface area contributed by atoms with Gasteiger partial charge in [0.1, 0.15) is 0 Å². The summed E-state index contributed by atoms with van der Waals surface area (Å²) in [7, 11) is 0. The number of allylic oxidation sites excluding steroid dienone is 1. The maximum Gasteiger partial charge on any atom is 0.317 e. The highest BCUT2D eigenvalue weighted by molar-refractivity contribution is 5.74. The third-order valence-corrected chi connectivity index (χ3v) is 4.85. The van der Waals surface area contributed by atoms with E-state index in [-0.39, 0.29) is 6.03 Å². The van der Waals surface area contributed by atoms with E-state index in [9.17, 15) is 4.79 Å². The first-order valence-corrected chi connectivity index (χ1v) is 9.22. The van der Waals surface area contributed by atoms with Crippen molar-refractivity contribution >= 4 is 6.03 Å². The molecule has 2 amide bonds. The van der Waals surface area contributed by atoms with Crippen LogP contribution in [0.3, 0.4) is 0 Å². The van der Waals surface area contributed by atoms with Gasteiger partial charge in [0, 0.05) is 39.3 Å². The van der Waals surface area contributed by atoms with Gasteiger partial charge in [-0.25, -0.2) is 4.79 Å². The first kappa shape index (κ1) is 17.3. The third kappa shape index (κ3) is 5.99. The van der Waals surface area contributed by atoms with Gasteiger partial charge < -0.3 is 10.2 Å². The molecule has 126 valence electrons. The molecular formula is C18H33N3O. The summed E-state index contributed by atoms with van der Waals surface area (Å²) in [5.41, 5.74) is 1.65. The Balaban J connectivity index is 1.58. The second-order valence-electron chi connectivity index (χ2n) is 6.63. The molecule has 2 aliphatic rings. The second kappa shape index (κ2) is 9.88. The number of amides is 2. The third-order valence-electron chi connectivity index (χ3n) is 4.85. The van der Waals surface area contributed by atoms with Crippen molar-refractivity contribution in [3.05, 3.63) is 11.6 Å². The Hall–Kier alpha value is -1.03. The summed E-state index contributed by atoms with van der Waals surface area (Å²) in [6.07, 6.45) is 12.5. The normalized spacial score (nSPS) is 19.9. The predicted octanol–water partition coefficient (Wildman–Crippen LogP) is 3.39. The Bertz CT molecular complexity index is 359. The lowest BCUT2D eigenvalue weighted by molar-refractivity contribution is 0.140. The molecule has 0 radical (unpaired) electrons. The van der Waals surface area contributed by atoms with Gasteiger partial charge in [-0.3, -0.25) is 4.90 Å². The molecule has 0 unspecified atom stereocenters. The predicted molar refractivity (Wildman–Crippen MR) is 92.1 cm³/mol. The Morgan fingerprint density at radius 1 is 1.18 bits per heavy atom. The number of carbonyl (C=O) groups is 1. The number of hydrogen-bond donors (Lipinski definition) is 1. The first-order chi connectivity index (χ1) is 10.8. The molecule has 4 nitrogen and oxygen atoms in total. The van der Waals surface area contributed by atoms with E-state index in [1.165, 1.54) is 44.9 Å². The second-order valence-corrected chi connectivity index (χ2v) is 6.63. The Morgan fingerprint density at radius 2 is 2.00 bits per heavy atom. The highest BCUT2D eigenvalue weighted by Gasteiger charge is 2.20. The summed E-state index contributed by atoms with van der Waals surface area (Å²) in [6, 6.07) is 0.130. The summed E-state index contributed by atoms with van der Waals surface area (Å²) >= 11 is 0. The van der Waals surface area contributed by atoms with Crippen LogP contribution in [0.4, 0.5) is 4.79 Å². The summed E-state index contributed by atoms with van der Waals surface area (Å²) in [6.45, 7) is 7.96. The van der Waals surface area contributed by atoms with Crippen LogP contribution in [0.15, 0.2) is 11.6 Å². The standard InChI is InChI=1S/C18H33N3O/c1-2-3-7-11-19-18(22)21-15-13-20(14-16-21)12-10-17-8-5-4-6-9-17/h8H,2-7,9-16H2,1H3,(H,19,22). The number of hydrogen-bond acceptors (Lipinski definition) is 2. The number of nitrogens with zero attached hydrogens (tertiary/aromatic N) is 2. The van der Waals surface area contributed by atoms with Gasteiger partial charge in [-0.05, 0) is 38.5 Å². The van der Waals surface area contributed by atoms with E-state index >= 15 is 0 Å². The average molecular weight is 307 g/mol. The molecule has 0 aromatic rings. The van der Waals surface area contributed by atoms with Gasteiger partial charge in [-0.1, -0.05) is 31.4 Å². The van der Waals surface area contributed by atoms with Crippen molar-refractivity contribution in [1.29, 1.82) is 0 Å². The maximum absolute atomic E-state index is 12.1. The molecule has 1 heterocycles. The SMILES string of the molecule is CCCCCNC(=O)N1CCN(CCC2=CCCCC2)CC1. The van der Waals surface area contributed by atoms with E-state index in [2.05, 4.69) is 23.2 Å². The molecule has 2 rings (SSSR count). The molecule has 22 heavy (non-hydrogen) atoms. The van der Waals surface area contributed by atoms with Crippen molar-refractivity contribution in [3.63, 3.8) is 0 Å². The molecule has 0 saturated carbocycles. The van der Waals surface area contributed by atoms with Crippen molar-refractivity contribution in [2.24, 2.45) is 0 Å². The zero-order valence-corrected chi connectivity index (χ0v) is 14.3. The van der Waals surface area contributed by atoms with Gasteiger partial charge in [0.05, 0.1) is 0 Å². The Kier molecular flexibility index (Phi) is 7.78. The largest absolute Gasteiger partial charge is 0.338 e. The van der Waals surface area contributed by atoms with Crippen molar-refractivity contribution < 1.29 is 4.79 Å². The fourth-order valence-corrected chi connectivity index (χ4v) is 3.29. The van der Waals surface area contributed by atoms with Gasteiger partial charge >= 0.3 is 6.03 Å². The number of urea groups is 1. The minimum Gasteiger partial charge on any atom is -0.338 e. The highest BCUT2D eigenvalue weighted by Crippen LogP contribution is 2.20. The zero-order valence-electron chi connectivity index (χ0n) is 14.3. The van der Waals surface area contributed by atoms with E-state index in [1.807, 2.05) is 4.90 Å². The van der Waals surface area contributed by atoms with Gasteiger partial charge in [-0.2, -0.15) is 0 Å². The topological polar surface area (TPSA) is 35.6 Å². The number of nitrogens with one attached hydrogen (secondary N) is 1. The quantitative estimate of drug-likeness (QED) is 0.578. The molecule has 1 aliphatic heterocycles. The Morgan fingerprint density at radius 3 is 2.68 bits per heavy atom. The molecular weight excluding hydrogens is 274 g/mol. The van der Waals surface area contributed by atoms with Crippen LogP contribution in [0.2, 0.25) is 0 Å². The van der Waals surface area contributed by atoms with Crippen LogP contribution in [0.25, 0.3) is 0 Å².